The highest BCUT2D eigenvalue weighted by atomic mass is 32.1. The van der Waals surface area contributed by atoms with Crippen LogP contribution >= 0.6 is 22.7 Å². The van der Waals surface area contributed by atoms with Crippen molar-refractivity contribution in [3.05, 3.63) is 340 Å². The van der Waals surface area contributed by atoms with Crippen LogP contribution in [-0.4, -0.2) is 18.3 Å². The zero-order valence-corrected chi connectivity index (χ0v) is 53.6. The predicted molar refractivity (Wildman–Crippen MR) is 412 cm³/mol. The highest BCUT2D eigenvalue weighted by molar-refractivity contribution is 7.26. The van der Waals surface area contributed by atoms with Crippen LogP contribution in [0.5, 0.6) is 0 Å². The second-order valence-corrected chi connectivity index (χ2v) is 27.2. The fraction of sp³-hybridized carbons (Fsp3) is 0. The molecule has 0 aliphatic rings. The Hall–Kier alpha value is -12.1. The Morgan fingerprint density at radius 2 is 0.531 bits per heavy atom. The van der Waals surface area contributed by atoms with Crippen molar-refractivity contribution in [1.29, 1.82) is 0 Å². The molecule has 4 nitrogen and oxygen atoms in total. The van der Waals surface area contributed by atoms with Gasteiger partial charge in [-0.25, -0.2) is 0 Å². The molecule has 0 bridgehead atoms. The number of thiophene rings is 2. The van der Waals surface area contributed by atoms with Crippen LogP contribution in [0.3, 0.4) is 0 Å². The maximum absolute atomic E-state index is 2.46. The quantitative estimate of drug-likeness (QED) is 0.152. The predicted octanol–water partition coefficient (Wildman–Crippen LogP) is 25.5. The molecule has 15 aromatic carbocycles. The van der Waals surface area contributed by atoms with E-state index in [2.05, 4.69) is 358 Å². The Morgan fingerprint density at radius 3 is 1.11 bits per heavy atom. The maximum atomic E-state index is 2.46. The van der Waals surface area contributed by atoms with Crippen molar-refractivity contribution in [3.8, 4) is 56.1 Å². The average molecular weight is 1260 g/mol. The van der Waals surface area contributed by atoms with Crippen molar-refractivity contribution in [2.75, 3.05) is 0 Å². The number of nitrogens with zero attached hydrogens (tertiary/aromatic N) is 4. The van der Waals surface area contributed by atoms with Gasteiger partial charge in [0.05, 0.1) is 54.5 Å². The number of hydrogen-bond donors (Lipinski definition) is 0. The number of fused-ring (bicyclic) bond motifs is 18. The highest BCUT2D eigenvalue weighted by Crippen LogP contribution is 2.45. The first-order chi connectivity index (χ1) is 47.6. The molecular weight excluding hydrogens is 1200 g/mol. The van der Waals surface area contributed by atoms with Gasteiger partial charge in [0.2, 0.25) is 0 Å². The SMILES string of the molecule is c1cc(-c2cccc(-n3c4ccccc4c4cc(-n5c6ccccc6c6ccccc65)ccc43)c2)cc(-c2cccc3c2sc2ccccc23)c1.c1ccc(-n2c3ccccc3c3cc(-c4ccc5c(c4)c4ccccc4n5-c4cccc5c4sc4ccccc45)ccc32)cc1. The van der Waals surface area contributed by atoms with Gasteiger partial charge in [-0.15, -0.1) is 22.7 Å². The summed E-state index contributed by atoms with van der Waals surface area (Å²) >= 11 is 3.77. The average Bonchev–Trinajstić information content (AvgIpc) is 1.69. The number of para-hydroxylation sites is 6. The summed E-state index contributed by atoms with van der Waals surface area (Å²) in [6.07, 6.45) is 0. The summed E-state index contributed by atoms with van der Waals surface area (Å²) in [6.45, 7) is 0. The zero-order chi connectivity index (χ0) is 63.0. The van der Waals surface area contributed by atoms with E-state index in [0.717, 1.165) is 5.69 Å². The minimum absolute atomic E-state index is 1.15. The normalized spacial score (nSPS) is 12.0. The molecule has 6 aromatic heterocycles. The minimum atomic E-state index is 1.15. The maximum Gasteiger partial charge on any atom is 0.0640 e. The first-order valence-corrected chi connectivity index (χ1v) is 34.4. The summed E-state index contributed by atoms with van der Waals surface area (Å²) in [6, 6.07) is 124. The molecule has 21 rings (SSSR count). The lowest BCUT2D eigenvalue weighted by atomic mass is 9.97. The summed E-state index contributed by atoms with van der Waals surface area (Å²) in [5.74, 6) is 0. The van der Waals surface area contributed by atoms with Crippen LogP contribution < -0.4 is 0 Å². The van der Waals surface area contributed by atoms with Gasteiger partial charge >= 0.3 is 0 Å². The lowest BCUT2D eigenvalue weighted by Crippen LogP contribution is -1.96. The van der Waals surface area contributed by atoms with E-state index < -0.39 is 0 Å². The van der Waals surface area contributed by atoms with E-state index in [1.807, 2.05) is 22.7 Å². The Morgan fingerprint density at radius 1 is 0.177 bits per heavy atom. The number of hydrogen-bond acceptors (Lipinski definition) is 2. The summed E-state index contributed by atoms with van der Waals surface area (Å²) in [5.41, 5.74) is 21.9. The Kier molecular flexibility index (Phi) is 12.4. The Bertz CT molecular complexity index is 6670. The molecule has 448 valence electrons. The van der Waals surface area contributed by atoms with E-state index in [1.165, 1.54) is 178 Å². The van der Waals surface area contributed by atoms with Crippen LogP contribution in [0, 0.1) is 0 Å². The van der Waals surface area contributed by atoms with Gasteiger partial charge in [-0.05, 0) is 155 Å². The molecule has 0 aliphatic heterocycles. The van der Waals surface area contributed by atoms with Crippen molar-refractivity contribution in [2.24, 2.45) is 0 Å². The molecule has 0 atom stereocenters. The molecule has 0 saturated carbocycles. The van der Waals surface area contributed by atoms with Gasteiger partial charge in [-0.2, -0.15) is 0 Å². The summed E-state index contributed by atoms with van der Waals surface area (Å²) in [5, 5.41) is 15.4. The smallest absolute Gasteiger partial charge is 0.0640 e. The minimum Gasteiger partial charge on any atom is -0.309 e. The fourth-order valence-electron chi connectivity index (χ4n) is 15.6. The van der Waals surface area contributed by atoms with Crippen molar-refractivity contribution in [2.45, 2.75) is 0 Å². The van der Waals surface area contributed by atoms with Crippen molar-refractivity contribution in [3.63, 3.8) is 0 Å². The van der Waals surface area contributed by atoms with Crippen molar-refractivity contribution in [1.82, 2.24) is 18.3 Å². The highest BCUT2D eigenvalue weighted by Gasteiger charge is 2.21. The molecule has 0 amide bonds. The standard InChI is InChI=1S/C48H30N2S.C42H26N2S/c1-5-22-43-37(16-1)38-17-2-6-23-44(38)50(43)35-26-27-46-42(30-35)39-18-3-7-24-45(39)49(46)34-15-10-13-32(29-34)31-12-9-14-33(28-31)36-20-11-21-41-40-19-4-8-25-47(40)51-48(36)41;1-2-11-29(12-3-1)43-36-17-7-4-13-30(36)34-25-27(21-23-38(34)43)28-22-24-39-35(26-28)31-14-5-8-18-37(31)44(39)40-19-10-16-33-32-15-6-9-20-41(32)45-42(33)40/h1-30H;1-26H. The topological polar surface area (TPSA) is 19.7 Å². The number of aromatic nitrogens is 4. The van der Waals surface area contributed by atoms with Gasteiger partial charge in [0, 0.05) is 95.8 Å². The van der Waals surface area contributed by atoms with Gasteiger partial charge in [0.25, 0.3) is 0 Å². The molecule has 0 aliphatic carbocycles. The van der Waals surface area contributed by atoms with E-state index in [1.54, 1.807) is 0 Å². The molecule has 0 spiro atoms. The van der Waals surface area contributed by atoms with E-state index in [0.29, 0.717) is 0 Å². The van der Waals surface area contributed by atoms with E-state index in [4.69, 9.17) is 0 Å². The van der Waals surface area contributed by atoms with E-state index >= 15 is 0 Å². The number of benzene rings is 15. The Balaban J connectivity index is 0.000000132. The second kappa shape index (κ2) is 21.8. The third kappa shape index (κ3) is 8.46. The molecule has 0 unspecified atom stereocenters. The van der Waals surface area contributed by atoms with E-state index in [9.17, 15) is 0 Å². The molecule has 21 aromatic rings. The summed E-state index contributed by atoms with van der Waals surface area (Å²) in [7, 11) is 0. The number of rotatable bonds is 7. The van der Waals surface area contributed by atoms with Crippen LogP contribution in [0.1, 0.15) is 0 Å². The first-order valence-electron chi connectivity index (χ1n) is 32.8. The lowest BCUT2D eigenvalue weighted by Gasteiger charge is -2.12. The van der Waals surface area contributed by atoms with Gasteiger partial charge in [0.15, 0.2) is 0 Å². The zero-order valence-electron chi connectivity index (χ0n) is 51.9. The molecule has 0 saturated heterocycles. The third-order valence-electron chi connectivity index (χ3n) is 19.8. The molecule has 6 heterocycles. The molecular formula is C90H56N4S2. The first kappa shape index (κ1) is 54.5. The van der Waals surface area contributed by atoms with E-state index in [-0.39, 0.29) is 0 Å². The lowest BCUT2D eigenvalue weighted by molar-refractivity contribution is 1.17. The van der Waals surface area contributed by atoms with Crippen molar-refractivity contribution < 1.29 is 0 Å². The van der Waals surface area contributed by atoms with Gasteiger partial charge < -0.3 is 18.3 Å². The van der Waals surface area contributed by atoms with Gasteiger partial charge in [-0.3, -0.25) is 0 Å². The van der Waals surface area contributed by atoms with Gasteiger partial charge in [-0.1, -0.05) is 218 Å². The largest absolute Gasteiger partial charge is 0.309 e. The molecule has 0 radical (unpaired) electrons. The third-order valence-corrected chi connectivity index (χ3v) is 22.3. The molecule has 0 fully saturated rings. The van der Waals surface area contributed by atoms with Gasteiger partial charge in [0.1, 0.15) is 0 Å². The summed E-state index contributed by atoms with van der Waals surface area (Å²) in [4.78, 5) is 0. The Labute approximate surface area is 560 Å². The van der Waals surface area contributed by atoms with Crippen molar-refractivity contribution >= 4 is 150 Å². The fourth-order valence-corrected chi connectivity index (χ4v) is 18.0. The molecule has 0 N–H and O–H groups in total. The monoisotopic (exact) mass is 1260 g/mol. The summed E-state index contributed by atoms with van der Waals surface area (Å²) < 4.78 is 15.0. The van der Waals surface area contributed by atoms with Crippen LogP contribution in [-0.2, 0) is 0 Å². The second-order valence-electron chi connectivity index (χ2n) is 25.1. The van der Waals surface area contributed by atoms with Crippen LogP contribution in [0.2, 0.25) is 0 Å². The molecule has 96 heavy (non-hydrogen) atoms. The molecule has 6 heteroatoms. The van der Waals surface area contributed by atoms with Crippen LogP contribution in [0.15, 0.2) is 340 Å². The van der Waals surface area contributed by atoms with Crippen LogP contribution in [0.25, 0.3) is 184 Å². The van der Waals surface area contributed by atoms with Crippen LogP contribution in [0.4, 0.5) is 0 Å².